The van der Waals surface area contributed by atoms with Crippen molar-refractivity contribution in [2.24, 2.45) is 0 Å². The quantitative estimate of drug-likeness (QED) is 0.562. The fourth-order valence-corrected chi connectivity index (χ4v) is 2.86. The number of anilines is 1. The fourth-order valence-electron chi connectivity index (χ4n) is 2.86. The van der Waals surface area contributed by atoms with Crippen LogP contribution in [0.4, 0.5) is 36.4 Å². The van der Waals surface area contributed by atoms with Crippen molar-refractivity contribution in [1.29, 1.82) is 0 Å². The summed E-state index contributed by atoms with van der Waals surface area (Å²) in [6.45, 7) is 5.53. The summed E-state index contributed by atoms with van der Waals surface area (Å²) in [7, 11) is 0.964. The van der Waals surface area contributed by atoms with Gasteiger partial charge in [-0.3, -0.25) is 0 Å². The molecule has 0 aliphatic heterocycles. The number of halogens is 7. The van der Waals surface area contributed by atoms with Crippen molar-refractivity contribution in [2.75, 3.05) is 25.1 Å². The van der Waals surface area contributed by atoms with Gasteiger partial charge >= 0.3 is 18.0 Å². The number of rotatable bonds is 7. The van der Waals surface area contributed by atoms with E-state index in [1.54, 1.807) is 30.9 Å². The summed E-state index contributed by atoms with van der Waals surface area (Å²) in [6, 6.07) is 5.97. The molecule has 1 rings (SSSR count). The highest BCUT2D eigenvalue weighted by atomic mass is 19.4. The first-order valence-electron chi connectivity index (χ1n) is 7.99. The normalized spacial score (nSPS) is 15.7. The van der Waals surface area contributed by atoms with Crippen molar-refractivity contribution >= 4 is 5.69 Å². The molecule has 150 valence electrons. The van der Waals surface area contributed by atoms with E-state index in [9.17, 15) is 30.7 Å². The number of hydrogen-bond acceptors (Lipinski definition) is 2. The van der Waals surface area contributed by atoms with Gasteiger partial charge in [0.15, 0.2) is 0 Å². The minimum absolute atomic E-state index is 0.0572. The molecule has 2 nitrogen and oxygen atoms in total. The van der Waals surface area contributed by atoms with Gasteiger partial charge in [-0.15, -0.1) is 0 Å². The lowest BCUT2D eigenvalue weighted by molar-refractivity contribution is -0.353. The highest BCUT2D eigenvalue weighted by Crippen LogP contribution is 2.53. The largest absolute Gasteiger partial charge is 0.431 e. The summed E-state index contributed by atoms with van der Waals surface area (Å²) >= 11 is 0. The summed E-state index contributed by atoms with van der Waals surface area (Å²) in [5.74, 6) is 0. The zero-order valence-electron chi connectivity index (χ0n) is 14.9. The van der Waals surface area contributed by atoms with Gasteiger partial charge in [0, 0.05) is 37.9 Å². The Balaban J connectivity index is 3.54. The molecule has 0 N–H and O–H groups in total. The summed E-state index contributed by atoms with van der Waals surface area (Å²) < 4.78 is 97.4. The van der Waals surface area contributed by atoms with Crippen molar-refractivity contribution in [3.63, 3.8) is 0 Å². The maximum atomic E-state index is 14.3. The van der Waals surface area contributed by atoms with Crippen molar-refractivity contribution < 1.29 is 35.5 Å². The predicted octanol–water partition coefficient (Wildman–Crippen LogP) is 5.62. The minimum Gasteiger partial charge on any atom is -0.374 e. The van der Waals surface area contributed by atoms with E-state index in [1.807, 2.05) is 0 Å². The lowest BCUT2D eigenvalue weighted by Gasteiger charge is -2.40. The number of benzene rings is 1. The third kappa shape index (κ3) is 4.07. The van der Waals surface area contributed by atoms with E-state index in [0.29, 0.717) is 18.8 Å². The van der Waals surface area contributed by atoms with Gasteiger partial charge in [0.25, 0.3) is 0 Å². The van der Waals surface area contributed by atoms with Crippen LogP contribution >= 0.6 is 0 Å². The van der Waals surface area contributed by atoms with Crippen LogP contribution in [-0.4, -0.2) is 38.2 Å². The van der Waals surface area contributed by atoms with E-state index in [-0.39, 0.29) is 5.56 Å². The van der Waals surface area contributed by atoms with Crippen molar-refractivity contribution in [3.8, 4) is 0 Å². The van der Waals surface area contributed by atoms with Crippen LogP contribution in [0.25, 0.3) is 0 Å². The van der Waals surface area contributed by atoms with Gasteiger partial charge in [-0.25, -0.2) is 4.39 Å². The second-order valence-corrected chi connectivity index (χ2v) is 6.10. The molecule has 0 radical (unpaired) electrons. The highest BCUT2D eigenvalue weighted by Gasteiger charge is 2.74. The SMILES string of the molecule is CCN(CC)c1ccccc1C(C)(CC(F)(C(F)(F)F)C(F)(F)F)OC. The van der Waals surface area contributed by atoms with Gasteiger partial charge in [0.1, 0.15) is 0 Å². The molecule has 0 aliphatic carbocycles. The molecular formula is C17H22F7NO. The number of hydrogen-bond donors (Lipinski definition) is 0. The van der Waals surface area contributed by atoms with Gasteiger partial charge in [0.05, 0.1) is 5.60 Å². The Morgan fingerprint density at radius 1 is 0.885 bits per heavy atom. The van der Waals surface area contributed by atoms with Gasteiger partial charge in [-0.05, 0) is 26.8 Å². The Hall–Kier alpha value is -1.51. The average molecular weight is 389 g/mol. The maximum Gasteiger partial charge on any atom is 0.431 e. The molecular weight excluding hydrogens is 367 g/mol. The van der Waals surface area contributed by atoms with Crippen molar-refractivity contribution in [3.05, 3.63) is 29.8 Å². The monoisotopic (exact) mass is 389 g/mol. The van der Waals surface area contributed by atoms with Crippen LogP contribution in [0.5, 0.6) is 0 Å². The van der Waals surface area contributed by atoms with Gasteiger partial charge in [-0.2, -0.15) is 26.3 Å². The number of nitrogens with zero attached hydrogens (tertiary/aromatic N) is 1. The molecule has 0 bridgehead atoms. The average Bonchev–Trinajstić information content (AvgIpc) is 2.54. The van der Waals surface area contributed by atoms with Crippen LogP contribution in [0.15, 0.2) is 24.3 Å². The molecule has 0 heterocycles. The van der Waals surface area contributed by atoms with E-state index < -0.39 is 30.0 Å². The van der Waals surface area contributed by atoms with Crippen LogP contribution in [-0.2, 0) is 10.3 Å². The van der Waals surface area contributed by atoms with Gasteiger partial charge < -0.3 is 9.64 Å². The van der Waals surface area contributed by atoms with Gasteiger partial charge in [-0.1, -0.05) is 18.2 Å². The minimum atomic E-state index is -6.13. The van der Waals surface area contributed by atoms with Crippen LogP contribution in [0.3, 0.4) is 0 Å². The molecule has 1 unspecified atom stereocenters. The van der Waals surface area contributed by atoms with Gasteiger partial charge in [0.2, 0.25) is 0 Å². The Bertz CT molecular complexity index is 582. The summed E-state index contributed by atoms with van der Waals surface area (Å²) in [5, 5.41) is 0. The summed E-state index contributed by atoms with van der Waals surface area (Å²) in [6.07, 6.45) is -14.2. The number of para-hydroxylation sites is 1. The first-order valence-corrected chi connectivity index (χ1v) is 7.99. The molecule has 0 fully saturated rings. The zero-order chi connectivity index (χ0) is 20.4. The Morgan fingerprint density at radius 3 is 1.73 bits per heavy atom. The number of ether oxygens (including phenoxy) is 1. The van der Waals surface area contributed by atoms with Crippen LogP contribution in [0.1, 0.15) is 32.8 Å². The molecule has 0 spiro atoms. The Kier molecular flexibility index (Phi) is 6.60. The van der Waals surface area contributed by atoms with Crippen LogP contribution in [0.2, 0.25) is 0 Å². The standard InChI is InChI=1S/C17H22F7NO/c1-5-25(6-2)13-10-8-7-9-12(13)14(3,26-4)11-15(18,16(19,20)21)17(22,23)24/h7-10H,5-6,11H2,1-4H3. The summed E-state index contributed by atoms with van der Waals surface area (Å²) in [5.41, 5.74) is -7.10. The van der Waals surface area contributed by atoms with Crippen LogP contribution in [0, 0.1) is 0 Å². The van der Waals surface area contributed by atoms with E-state index in [2.05, 4.69) is 0 Å². The molecule has 0 saturated heterocycles. The Morgan fingerprint density at radius 2 is 1.35 bits per heavy atom. The smallest absolute Gasteiger partial charge is 0.374 e. The third-order valence-electron chi connectivity index (χ3n) is 4.51. The summed E-state index contributed by atoms with van der Waals surface area (Å²) in [4.78, 5) is 1.74. The molecule has 0 amide bonds. The van der Waals surface area contributed by atoms with E-state index in [0.717, 1.165) is 14.0 Å². The lowest BCUT2D eigenvalue weighted by atomic mass is 9.82. The van der Waals surface area contributed by atoms with E-state index >= 15 is 0 Å². The Labute approximate surface area is 147 Å². The topological polar surface area (TPSA) is 12.5 Å². The lowest BCUT2D eigenvalue weighted by Crippen LogP contribution is -2.56. The molecule has 26 heavy (non-hydrogen) atoms. The molecule has 9 heteroatoms. The highest BCUT2D eigenvalue weighted by molar-refractivity contribution is 5.56. The van der Waals surface area contributed by atoms with Crippen molar-refractivity contribution in [1.82, 2.24) is 0 Å². The van der Waals surface area contributed by atoms with E-state index in [1.165, 1.54) is 12.1 Å². The molecule has 1 aromatic rings. The second kappa shape index (κ2) is 7.62. The zero-order valence-corrected chi connectivity index (χ0v) is 14.9. The molecule has 0 saturated carbocycles. The van der Waals surface area contributed by atoms with E-state index in [4.69, 9.17) is 4.74 Å². The van der Waals surface area contributed by atoms with Crippen LogP contribution < -0.4 is 4.90 Å². The third-order valence-corrected chi connectivity index (χ3v) is 4.51. The van der Waals surface area contributed by atoms with Crippen molar-refractivity contribution in [2.45, 2.75) is 50.8 Å². The first-order chi connectivity index (χ1) is 11.8. The molecule has 1 atom stereocenters. The predicted molar refractivity (Wildman–Crippen MR) is 84.9 cm³/mol. The number of alkyl halides is 7. The maximum absolute atomic E-state index is 14.3. The molecule has 1 aromatic carbocycles. The number of methoxy groups -OCH3 is 1. The first kappa shape index (κ1) is 22.5. The molecule has 0 aliphatic rings. The fraction of sp³-hybridized carbons (Fsp3) is 0.647. The second-order valence-electron chi connectivity index (χ2n) is 6.10. The molecule has 0 aromatic heterocycles.